The van der Waals surface area contributed by atoms with Gasteiger partial charge in [0.2, 0.25) is 0 Å². The molecule has 2 heteroatoms. The van der Waals surface area contributed by atoms with Crippen molar-refractivity contribution >= 4 is 12.6 Å². The third-order valence-corrected chi connectivity index (χ3v) is 4.42. The van der Waals surface area contributed by atoms with Crippen molar-refractivity contribution in [1.29, 1.82) is 0 Å². The Hall–Kier alpha value is -1.18. The average molecular weight is 232 g/mol. The van der Waals surface area contributed by atoms with E-state index in [4.69, 9.17) is 0 Å². The molecule has 1 saturated carbocycles. The van der Waals surface area contributed by atoms with Crippen LogP contribution in [-0.2, 0) is 9.59 Å². The minimum atomic E-state index is -0.223. The minimum absolute atomic E-state index is 0.223. The van der Waals surface area contributed by atoms with E-state index in [1.165, 1.54) is 5.57 Å². The van der Waals surface area contributed by atoms with Crippen LogP contribution in [0.2, 0.25) is 0 Å². The fourth-order valence-electron chi connectivity index (χ4n) is 3.00. The van der Waals surface area contributed by atoms with Gasteiger partial charge in [-0.05, 0) is 50.0 Å². The smallest absolute Gasteiger partial charge is 0.145 e. The van der Waals surface area contributed by atoms with Gasteiger partial charge >= 0.3 is 0 Å². The first kappa shape index (κ1) is 12.3. The summed E-state index contributed by atoms with van der Waals surface area (Å²) in [5, 5.41) is 0. The zero-order chi connectivity index (χ0) is 12.5. The molecule has 92 valence electrons. The Labute approximate surface area is 103 Å². The topological polar surface area (TPSA) is 34.1 Å². The highest BCUT2D eigenvalue weighted by molar-refractivity contribution is 5.75. The molecule has 0 aromatic heterocycles. The largest absolute Gasteiger partial charge is 0.303 e. The predicted molar refractivity (Wildman–Crippen MR) is 67.5 cm³/mol. The van der Waals surface area contributed by atoms with Crippen LogP contribution in [0, 0.1) is 17.3 Å². The maximum Gasteiger partial charge on any atom is 0.145 e. The summed E-state index contributed by atoms with van der Waals surface area (Å²) < 4.78 is 0. The SMILES string of the molecule is CC1=CCCC(C=O)=CC2C(CC1)C2(C)C=O. The Bertz CT molecular complexity index is 392. The molecule has 3 unspecified atom stereocenters. The predicted octanol–water partition coefficient (Wildman–Crippen LogP) is 3.08. The molecule has 0 saturated heterocycles. The van der Waals surface area contributed by atoms with E-state index in [0.29, 0.717) is 5.92 Å². The lowest BCUT2D eigenvalue weighted by atomic mass is 10.0. The number of rotatable bonds is 2. The molecule has 0 aliphatic heterocycles. The van der Waals surface area contributed by atoms with Crippen LogP contribution in [-0.4, -0.2) is 12.6 Å². The average Bonchev–Trinajstić information content (AvgIpc) is 2.90. The number of aldehydes is 2. The summed E-state index contributed by atoms with van der Waals surface area (Å²) in [6.45, 7) is 4.16. The number of fused-ring (bicyclic) bond motifs is 1. The fourth-order valence-corrected chi connectivity index (χ4v) is 3.00. The van der Waals surface area contributed by atoms with E-state index in [2.05, 4.69) is 13.0 Å². The van der Waals surface area contributed by atoms with Gasteiger partial charge in [0.05, 0.1) is 0 Å². The van der Waals surface area contributed by atoms with Crippen molar-refractivity contribution in [3.63, 3.8) is 0 Å². The van der Waals surface area contributed by atoms with Gasteiger partial charge in [0, 0.05) is 5.41 Å². The quantitative estimate of drug-likeness (QED) is 0.541. The summed E-state index contributed by atoms with van der Waals surface area (Å²) in [5.74, 6) is 0.711. The summed E-state index contributed by atoms with van der Waals surface area (Å²) >= 11 is 0. The first-order valence-corrected chi connectivity index (χ1v) is 6.39. The van der Waals surface area contributed by atoms with Gasteiger partial charge in [-0.15, -0.1) is 0 Å². The normalized spacial score (nSPS) is 37.3. The number of hydrogen-bond donors (Lipinski definition) is 0. The highest BCUT2D eigenvalue weighted by Crippen LogP contribution is 2.60. The second kappa shape index (κ2) is 4.59. The molecular formula is C15H20O2. The molecule has 1 fully saturated rings. The van der Waals surface area contributed by atoms with E-state index in [1.807, 2.05) is 13.0 Å². The van der Waals surface area contributed by atoms with Crippen LogP contribution < -0.4 is 0 Å². The lowest BCUT2D eigenvalue weighted by Gasteiger charge is -2.04. The van der Waals surface area contributed by atoms with Crippen LogP contribution >= 0.6 is 0 Å². The monoisotopic (exact) mass is 232 g/mol. The molecule has 0 amide bonds. The van der Waals surface area contributed by atoms with E-state index < -0.39 is 0 Å². The molecule has 2 nitrogen and oxygen atoms in total. The number of hydrogen-bond acceptors (Lipinski definition) is 2. The van der Waals surface area contributed by atoms with Gasteiger partial charge in [0.15, 0.2) is 0 Å². The summed E-state index contributed by atoms with van der Waals surface area (Å²) in [7, 11) is 0. The van der Waals surface area contributed by atoms with E-state index in [1.54, 1.807) is 0 Å². The summed E-state index contributed by atoms with van der Waals surface area (Å²) in [5.41, 5.74) is 2.02. The van der Waals surface area contributed by atoms with Crippen LogP contribution in [0.15, 0.2) is 23.3 Å². The molecule has 17 heavy (non-hydrogen) atoms. The van der Waals surface area contributed by atoms with Crippen LogP contribution in [0.5, 0.6) is 0 Å². The van der Waals surface area contributed by atoms with Crippen molar-refractivity contribution in [3.05, 3.63) is 23.3 Å². The van der Waals surface area contributed by atoms with Crippen molar-refractivity contribution in [2.24, 2.45) is 17.3 Å². The van der Waals surface area contributed by atoms with E-state index >= 15 is 0 Å². The lowest BCUT2D eigenvalue weighted by molar-refractivity contribution is -0.112. The molecule has 0 N–H and O–H groups in total. The first-order valence-electron chi connectivity index (χ1n) is 6.39. The number of allylic oxidation sites excluding steroid dienone is 4. The molecule has 2 aliphatic carbocycles. The van der Waals surface area contributed by atoms with Gasteiger partial charge in [0.25, 0.3) is 0 Å². The Kier molecular flexibility index (Phi) is 3.32. The molecule has 0 aromatic rings. The summed E-state index contributed by atoms with van der Waals surface area (Å²) in [4.78, 5) is 22.2. The summed E-state index contributed by atoms with van der Waals surface area (Å²) in [6, 6.07) is 0. The zero-order valence-corrected chi connectivity index (χ0v) is 10.6. The van der Waals surface area contributed by atoms with Crippen LogP contribution in [0.4, 0.5) is 0 Å². The maximum atomic E-state index is 11.2. The molecular weight excluding hydrogens is 212 g/mol. The molecule has 2 rings (SSSR count). The molecule has 3 atom stereocenters. The molecule has 0 radical (unpaired) electrons. The van der Waals surface area contributed by atoms with Crippen LogP contribution in [0.25, 0.3) is 0 Å². The second-order valence-corrected chi connectivity index (χ2v) is 5.60. The van der Waals surface area contributed by atoms with E-state index in [0.717, 1.165) is 43.8 Å². The van der Waals surface area contributed by atoms with Gasteiger partial charge in [-0.2, -0.15) is 0 Å². The highest BCUT2D eigenvalue weighted by atomic mass is 16.1. The Morgan fingerprint density at radius 1 is 1.35 bits per heavy atom. The minimum Gasteiger partial charge on any atom is -0.303 e. The maximum absolute atomic E-state index is 11.2. The van der Waals surface area contributed by atoms with Crippen molar-refractivity contribution in [3.8, 4) is 0 Å². The van der Waals surface area contributed by atoms with Gasteiger partial charge < -0.3 is 4.79 Å². The Balaban J connectivity index is 2.23. The standard InChI is InChI=1S/C15H20O2/c1-11-4-3-5-12(9-16)8-14-13(7-6-11)15(14,2)10-17/h4,8-10,13-14H,3,5-7H2,1-2H3. The number of carbonyl (C=O) groups excluding carboxylic acids is 2. The van der Waals surface area contributed by atoms with Gasteiger partial charge in [-0.25, -0.2) is 0 Å². The van der Waals surface area contributed by atoms with Crippen molar-refractivity contribution in [1.82, 2.24) is 0 Å². The van der Waals surface area contributed by atoms with Gasteiger partial charge in [-0.1, -0.05) is 24.6 Å². The van der Waals surface area contributed by atoms with Crippen LogP contribution in [0.3, 0.4) is 0 Å². The molecule has 0 aromatic carbocycles. The Morgan fingerprint density at radius 3 is 2.76 bits per heavy atom. The van der Waals surface area contributed by atoms with Crippen molar-refractivity contribution in [2.75, 3.05) is 0 Å². The van der Waals surface area contributed by atoms with Gasteiger partial charge in [0.1, 0.15) is 12.6 Å². The van der Waals surface area contributed by atoms with Gasteiger partial charge in [-0.3, -0.25) is 4.79 Å². The molecule has 0 heterocycles. The zero-order valence-electron chi connectivity index (χ0n) is 10.6. The number of carbonyl (C=O) groups is 2. The van der Waals surface area contributed by atoms with Crippen molar-refractivity contribution in [2.45, 2.75) is 39.5 Å². The summed E-state index contributed by atoms with van der Waals surface area (Å²) in [6.07, 6.45) is 10.2. The van der Waals surface area contributed by atoms with Crippen LogP contribution in [0.1, 0.15) is 39.5 Å². The fraction of sp³-hybridized carbons (Fsp3) is 0.600. The second-order valence-electron chi connectivity index (χ2n) is 5.60. The van der Waals surface area contributed by atoms with E-state index in [9.17, 15) is 9.59 Å². The molecule has 2 aliphatic rings. The highest BCUT2D eigenvalue weighted by Gasteiger charge is 2.59. The lowest BCUT2D eigenvalue weighted by Crippen LogP contribution is -2.00. The molecule has 0 spiro atoms. The molecule has 0 bridgehead atoms. The Morgan fingerprint density at radius 2 is 2.12 bits per heavy atom. The van der Waals surface area contributed by atoms with Crippen molar-refractivity contribution < 1.29 is 9.59 Å². The third-order valence-electron chi connectivity index (χ3n) is 4.42. The first-order chi connectivity index (χ1) is 8.11. The van der Waals surface area contributed by atoms with E-state index in [-0.39, 0.29) is 11.3 Å². The third kappa shape index (κ3) is 2.26.